The van der Waals surface area contributed by atoms with Gasteiger partial charge in [0.1, 0.15) is 12.4 Å². The first-order valence-electron chi connectivity index (χ1n) is 9.01. The zero-order valence-corrected chi connectivity index (χ0v) is 15.6. The minimum Gasteiger partial charge on any atom is -0.456 e. The number of Topliss-reactive ketones (excluding diaryl/α,β-unsaturated/α-hetero) is 1. The number of fused-ring (bicyclic) bond motifs is 1. The topological polar surface area (TPSA) is 91.4 Å². The van der Waals surface area contributed by atoms with Crippen molar-refractivity contribution in [3.63, 3.8) is 0 Å². The summed E-state index contributed by atoms with van der Waals surface area (Å²) in [4.78, 5) is 36.2. The highest BCUT2D eigenvalue weighted by molar-refractivity contribution is 6.01. The van der Waals surface area contributed by atoms with Crippen molar-refractivity contribution in [3.8, 4) is 11.5 Å². The summed E-state index contributed by atoms with van der Waals surface area (Å²) in [6.07, 6.45) is 0. The van der Waals surface area contributed by atoms with Crippen LogP contribution in [0.3, 0.4) is 0 Å². The Bertz CT molecular complexity index is 1290. The molecule has 0 spiro atoms. The van der Waals surface area contributed by atoms with E-state index in [2.05, 4.69) is 5.10 Å². The number of carbonyl (C=O) groups excluding carboxylic acids is 2. The maximum absolute atomic E-state index is 13.0. The highest BCUT2D eigenvalue weighted by atomic mass is 19.1. The number of halogens is 1. The molecule has 0 unspecified atom stereocenters. The smallest absolute Gasteiger partial charge is 0.437 e. The van der Waals surface area contributed by atoms with Gasteiger partial charge in [0.25, 0.3) is 0 Å². The lowest BCUT2D eigenvalue weighted by molar-refractivity contribution is -0.143. The van der Waals surface area contributed by atoms with Gasteiger partial charge < -0.3 is 9.15 Å². The number of ketones is 1. The Morgan fingerprint density at radius 3 is 2.50 bits per heavy atom. The number of aromatic nitrogens is 2. The number of hydrogen-bond acceptors (Lipinski definition) is 6. The van der Waals surface area contributed by atoms with Crippen LogP contribution in [0.15, 0.2) is 75.9 Å². The van der Waals surface area contributed by atoms with Crippen LogP contribution in [0.2, 0.25) is 0 Å². The Morgan fingerprint density at radius 2 is 1.73 bits per heavy atom. The molecule has 4 rings (SSSR count). The lowest BCUT2D eigenvalue weighted by Crippen LogP contribution is -2.24. The van der Waals surface area contributed by atoms with Gasteiger partial charge in [-0.05, 0) is 41.1 Å². The summed E-state index contributed by atoms with van der Waals surface area (Å²) in [6, 6.07) is 18.0. The first-order chi connectivity index (χ1) is 14.5. The monoisotopic (exact) mass is 406 g/mol. The second-order valence-electron chi connectivity index (χ2n) is 6.48. The third-order valence-electron chi connectivity index (χ3n) is 4.41. The summed E-state index contributed by atoms with van der Waals surface area (Å²) in [7, 11) is 0. The fraction of sp³-hybridized carbons (Fsp3) is 0.0909. The van der Waals surface area contributed by atoms with E-state index in [0.717, 1.165) is 15.5 Å². The predicted octanol–water partition coefficient (Wildman–Crippen LogP) is 3.22. The van der Waals surface area contributed by atoms with E-state index in [1.807, 2.05) is 30.3 Å². The zero-order chi connectivity index (χ0) is 21.1. The largest absolute Gasteiger partial charge is 0.456 e. The molecular formula is C22H15FN2O5. The van der Waals surface area contributed by atoms with Crippen LogP contribution in [0.4, 0.5) is 4.39 Å². The van der Waals surface area contributed by atoms with Crippen LogP contribution in [0, 0.1) is 5.82 Å². The first kappa shape index (κ1) is 19.3. The van der Waals surface area contributed by atoms with Crippen molar-refractivity contribution in [2.24, 2.45) is 0 Å². The summed E-state index contributed by atoms with van der Waals surface area (Å²) in [5, 5.41) is 5.79. The molecule has 0 N–H and O–H groups in total. The van der Waals surface area contributed by atoms with Gasteiger partial charge in [-0.25, -0.2) is 9.18 Å². The van der Waals surface area contributed by atoms with Gasteiger partial charge in [-0.1, -0.05) is 36.4 Å². The Kier molecular flexibility index (Phi) is 5.21. The van der Waals surface area contributed by atoms with Crippen molar-refractivity contribution in [2.75, 3.05) is 6.61 Å². The van der Waals surface area contributed by atoms with Crippen LogP contribution in [-0.4, -0.2) is 28.1 Å². The van der Waals surface area contributed by atoms with Crippen LogP contribution >= 0.6 is 0 Å². The first-order valence-corrected chi connectivity index (χ1v) is 9.01. The molecule has 0 saturated carbocycles. The molecule has 30 heavy (non-hydrogen) atoms. The fourth-order valence-electron chi connectivity index (χ4n) is 2.88. The van der Waals surface area contributed by atoms with Crippen LogP contribution in [0.5, 0.6) is 0 Å². The van der Waals surface area contributed by atoms with E-state index >= 15 is 0 Å². The van der Waals surface area contributed by atoms with E-state index in [1.54, 1.807) is 12.1 Å². The summed E-state index contributed by atoms with van der Waals surface area (Å²) >= 11 is 0. The van der Waals surface area contributed by atoms with E-state index in [1.165, 1.54) is 24.3 Å². The number of carbonyl (C=O) groups is 2. The molecule has 7 nitrogen and oxygen atoms in total. The van der Waals surface area contributed by atoms with E-state index in [0.29, 0.717) is 11.1 Å². The lowest BCUT2D eigenvalue weighted by Gasteiger charge is -2.05. The highest BCUT2D eigenvalue weighted by Gasteiger charge is 2.16. The average Bonchev–Trinajstić information content (AvgIpc) is 3.12. The van der Waals surface area contributed by atoms with Crippen LogP contribution in [0.1, 0.15) is 10.4 Å². The van der Waals surface area contributed by atoms with Gasteiger partial charge in [0.05, 0.1) is 0 Å². The molecule has 0 saturated heterocycles. The number of benzene rings is 3. The number of hydrogen-bond donors (Lipinski definition) is 0. The SMILES string of the molecule is O=C(Cn1nc(-c2ccc(F)cc2)oc1=O)OCC(=O)c1ccc2ccccc2c1. The van der Waals surface area contributed by atoms with E-state index in [4.69, 9.17) is 9.15 Å². The molecule has 0 fully saturated rings. The Hall–Kier alpha value is -4.07. The second kappa shape index (κ2) is 8.12. The van der Waals surface area contributed by atoms with Crippen molar-refractivity contribution in [1.29, 1.82) is 0 Å². The van der Waals surface area contributed by atoms with Crippen molar-refractivity contribution in [2.45, 2.75) is 6.54 Å². The molecule has 4 aromatic rings. The van der Waals surface area contributed by atoms with Gasteiger partial charge in [0, 0.05) is 11.1 Å². The maximum atomic E-state index is 13.0. The Balaban J connectivity index is 1.39. The van der Waals surface area contributed by atoms with Gasteiger partial charge in [0.2, 0.25) is 5.89 Å². The van der Waals surface area contributed by atoms with Crippen LogP contribution < -0.4 is 5.76 Å². The van der Waals surface area contributed by atoms with Crippen LogP contribution in [0.25, 0.3) is 22.2 Å². The molecule has 8 heteroatoms. The van der Waals surface area contributed by atoms with Crippen molar-refractivity contribution < 1.29 is 23.1 Å². The lowest BCUT2D eigenvalue weighted by atomic mass is 10.0. The minimum absolute atomic E-state index is 0.0555. The highest BCUT2D eigenvalue weighted by Crippen LogP contribution is 2.17. The molecule has 0 aliphatic rings. The molecule has 0 atom stereocenters. The molecule has 0 bridgehead atoms. The van der Waals surface area contributed by atoms with Gasteiger partial charge in [-0.15, -0.1) is 5.10 Å². The zero-order valence-electron chi connectivity index (χ0n) is 15.6. The third-order valence-corrected chi connectivity index (χ3v) is 4.41. The molecule has 1 aromatic heterocycles. The molecule has 0 amide bonds. The molecule has 0 aliphatic carbocycles. The molecule has 1 heterocycles. The van der Waals surface area contributed by atoms with E-state index < -0.39 is 30.7 Å². The van der Waals surface area contributed by atoms with Gasteiger partial charge in [-0.3, -0.25) is 9.59 Å². The maximum Gasteiger partial charge on any atom is 0.437 e. The van der Waals surface area contributed by atoms with E-state index in [-0.39, 0.29) is 11.7 Å². The van der Waals surface area contributed by atoms with Crippen LogP contribution in [-0.2, 0) is 16.1 Å². The summed E-state index contributed by atoms with van der Waals surface area (Å²) < 4.78 is 23.7. The quantitative estimate of drug-likeness (QED) is 0.361. The van der Waals surface area contributed by atoms with Gasteiger partial charge in [-0.2, -0.15) is 4.68 Å². The standard InChI is InChI=1S/C22H15FN2O5/c23-18-9-7-15(8-10-18)21-24-25(22(28)30-21)12-20(27)29-13-19(26)17-6-5-14-3-1-2-4-16(14)11-17/h1-11H,12-13H2. The molecule has 150 valence electrons. The summed E-state index contributed by atoms with van der Waals surface area (Å²) in [5.41, 5.74) is 0.797. The molecule has 3 aromatic carbocycles. The Labute approximate surface area is 169 Å². The normalized spacial score (nSPS) is 10.8. The average molecular weight is 406 g/mol. The van der Waals surface area contributed by atoms with Gasteiger partial charge >= 0.3 is 11.7 Å². The predicted molar refractivity (Wildman–Crippen MR) is 105 cm³/mol. The van der Waals surface area contributed by atoms with Gasteiger partial charge in [0.15, 0.2) is 12.4 Å². The number of nitrogens with zero attached hydrogens (tertiary/aromatic N) is 2. The number of esters is 1. The molecule has 0 radical (unpaired) electrons. The van der Waals surface area contributed by atoms with Crippen molar-refractivity contribution >= 4 is 22.5 Å². The molecular weight excluding hydrogens is 391 g/mol. The minimum atomic E-state index is -0.868. The number of rotatable bonds is 6. The Morgan fingerprint density at radius 1 is 1.00 bits per heavy atom. The van der Waals surface area contributed by atoms with E-state index in [9.17, 15) is 18.8 Å². The third kappa shape index (κ3) is 4.17. The fourth-order valence-corrected chi connectivity index (χ4v) is 2.88. The molecule has 0 aliphatic heterocycles. The van der Waals surface area contributed by atoms with Crippen molar-refractivity contribution in [1.82, 2.24) is 9.78 Å². The second-order valence-corrected chi connectivity index (χ2v) is 6.48. The summed E-state index contributed by atoms with van der Waals surface area (Å²) in [5.74, 6) is -2.55. The number of ether oxygens (including phenoxy) is 1. The summed E-state index contributed by atoms with van der Waals surface area (Å²) in [6.45, 7) is -0.983. The van der Waals surface area contributed by atoms with Crippen molar-refractivity contribution in [3.05, 3.63) is 88.7 Å².